The zero-order valence-electron chi connectivity index (χ0n) is 13.6. The van der Waals surface area contributed by atoms with Crippen molar-refractivity contribution in [3.8, 4) is 0 Å². The van der Waals surface area contributed by atoms with Gasteiger partial charge >= 0.3 is 0 Å². The first-order valence-electron chi connectivity index (χ1n) is 7.85. The Morgan fingerprint density at radius 1 is 1.33 bits per heavy atom. The highest BCUT2D eigenvalue weighted by Gasteiger charge is 2.19. The van der Waals surface area contributed by atoms with Gasteiger partial charge in [-0.15, -0.1) is 0 Å². The fourth-order valence-electron chi connectivity index (χ4n) is 2.89. The van der Waals surface area contributed by atoms with E-state index in [2.05, 4.69) is 61.1 Å². The minimum Gasteiger partial charge on any atom is -0.391 e. The minimum absolute atomic E-state index is 0.884. The largest absolute Gasteiger partial charge is 0.391 e. The number of hydrogen-bond acceptors (Lipinski definition) is 3. The summed E-state index contributed by atoms with van der Waals surface area (Å²) in [6, 6.07) is 6.67. The smallest absolute Gasteiger partial charge is 0.0419 e. The summed E-state index contributed by atoms with van der Waals surface area (Å²) in [4.78, 5) is 0. The first kappa shape index (κ1) is 15.6. The lowest BCUT2D eigenvalue weighted by Gasteiger charge is -2.26. The summed E-state index contributed by atoms with van der Waals surface area (Å²) >= 11 is 0. The van der Waals surface area contributed by atoms with Gasteiger partial charge in [-0.1, -0.05) is 18.6 Å². The molecule has 3 heteroatoms. The molecule has 0 aromatic heterocycles. The van der Waals surface area contributed by atoms with Crippen LogP contribution in [0.3, 0.4) is 0 Å². The van der Waals surface area contributed by atoms with E-state index >= 15 is 0 Å². The molecule has 0 saturated heterocycles. The highest BCUT2D eigenvalue weighted by atomic mass is 14.9. The van der Waals surface area contributed by atoms with Crippen molar-refractivity contribution in [3.05, 3.63) is 46.7 Å². The molecule has 1 aliphatic rings. The third kappa shape index (κ3) is 3.48. The van der Waals surface area contributed by atoms with Crippen molar-refractivity contribution in [2.45, 2.75) is 27.2 Å². The van der Waals surface area contributed by atoms with Crippen molar-refractivity contribution in [1.29, 1.82) is 0 Å². The molecule has 1 heterocycles. The second-order valence-corrected chi connectivity index (χ2v) is 5.47. The van der Waals surface area contributed by atoms with E-state index in [-0.39, 0.29) is 0 Å². The van der Waals surface area contributed by atoms with Crippen LogP contribution in [0.2, 0.25) is 0 Å². The van der Waals surface area contributed by atoms with Crippen LogP contribution in [0.25, 0.3) is 5.57 Å². The summed E-state index contributed by atoms with van der Waals surface area (Å²) in [6.07, 6.45) is 3.21. The molecule has 0 bridgehead atoms. The Bertz CT molecular complexity index is 556. The van der Waals surface area contributed by atoms with Crippen LogP contribution in [0.4, 0.5) is 5.69 Å². The summed E-state index contributed by atoms with van der Waals surface area (Å²) in [5, 5.41) is 10.2. The van der Waals surface area contributed by atoms with E-state index in [1.165, 1.54) is 33.5 Å². The van der Waals surface area contributed by atoms with Gasteiger partial charge in [0.25, 0.3) is 0 Å². The number of hydrogen-bond donors (Lipinski definition) is 3. The highest BCUT2D eigenvalue weighted by molar-refractivity contribution is 5.84. The number of benzene rings is 1. The van der Waals surface area contributed by atoms with Gasteiger partial charge in [-0.3, -0.25) is 0 Å². The molecule has 0 atom stereocenters. The molecule has 3 N–H and O–H groups in total. The van der Waals surface area contributed by atoms with Gasteiger partial charge in [-0.05, 0) is 56.2 Å². The Morgan fingerprint density at radius 2 is 2.14 bits per heavy atom. The van der Waals surface area contributed by atoms with E-state index in [1.54, 1.807) is 0 Å². The number of rotatable bonds is 6. The average Bonchev–Trinajstić information content (AvgIpc) is 2.50. The minimum atomic E-state index is 0.884. The summed E-state index contributed by atoms with van der Waals surface area (Å²) in [6.45, 7) is 9.26. The van der Waals surface area contributed by atoms with Gasteiger partial charge in [0.1, 0.15) is 0 Å². The van der Waals surface area contributed by atoms with Gasteiger partial charge in [-0.2, -0.15) is 0 Å². The maximum absolute atomic E-state index is 3.57. The molecule has 0 fully saturated rings. The Labute approximate surface area is 128 Å². The van der Waals surface area contributed by atoms with Crippen molar-refractivity contribution < 1.29 is 0 Å². The number of aryl methyl sites for hydroxylation is 1. The van der Waals surface area contributed by atoms with Crippen molar-refractivity contribution in [2.75, 3.05) is 32.0 Å². The number of fused-ring (bicyclic) bond motifs is 1. The van der Waals surface area contributed by atoms with Crippen molar-refractivity contribution in [1.82, 2.24) is 10.6 Å². The number of likely N-dealkylation sites (N-methyl/N-ethyl adjacent to an activating group) is 1. The topological polar surface area (TPSA) is 36.1 Å². The van der Waals surface area contributed by atoms with E-state index < -0.39 is 0 Å². The normalized spacial score (nSPS) is 14.8. The summed E-state index contributed by atoms with van der Waals surface area (Å²) in [7, 11) is 2.00. The lowest BCUT2D eigenvalue weighted by atomic mass is 9.88. The quantitative estimate of drug-likeness (QED) is 0.750. The van der Waals surface area contributed by atoms with Crippen LogP contribution >= 0.6 is 0 Å². The van der Waals surface area contributed by atoms with Crippen LogP contribution in [0.1, 0.15) is 31.4 Å². The van der Waals surface area contributed by atoms with Gasteiger partial charge in [-0.25, -0.2) is 0 Å². The monoisotopic (exact) mass is 285 g/mol. The maximum atomic E-state index is 3.57. The van der Waals surface area contributed by atoms with Gasteiger partial charge in [0.15, 0.2) is 0 Å². The molecule has 0 spiro atoms. The first-order chi connectivity index (χ1) is 10.2. The SMILES string of the molecule is CCN/C=C(\CNC)C1=C(CC)c2cc(C)ccc2NC1. The predicted molar refractivity (Wildman–Crippen MR) is 92.6 cm³/mol. The van der Waals surface area contributed by atoms with Crippen molar-refractivity contribution in [3.63, 3.8) is 0 Å². The maximum Gasteiger partial charge on any atom is 0.0419 e. The molecule has 1 aromatic carbocycles. The van der Waals surface area contributed by atoms with Crippen molar-refractivity contribution in [2.24, 2.45) is 0 Å². The third-order valence-corrected chi connectivity index (χ3v) is 3.91. The predicted octanol–water partition coefficient (Wildman–Crippen LogP) is 3.30. The number of allylic oxidation sites excluding steroid dienone is 1. The lowest BCUT2D eigenvalue weighted by Crippen LogP contribution is -2.22. The zero-order chi connectivity index (χ0) is 15.2. The zero-order valence-corrected chi connectivity index (χ0v) is 13.6. The van der Waals surface area contributed by atoms with Gasteiger partial charge in [0.2, 0.25) is 0 Å². The van der Waals surface area contributed by atoms with Crippen LogP contribution in [-0.2, 0) is 0 Å². The highest BCUT2D eigenvalue weighted by Crippen LogP contribution is 2.36. The second kappa shape index (κ2) is 7.32. The van der Waals surface area contributed by atoms with Gasteiger partial charge < -0.3 is 16.0 Å². The molecule has 21 heavy (non-hydrogen) atoms. The Morgan fingerprint density at radius 3 is 2.81 bits per heavy atom. The van der Waals surface area contributed by atoms with Crippen LogP contribution < -0.4 is 16.0 Å². The first-order valence-corrected chi connectivity index (χ1v) is 7.85. The number of nitrogens with one attached hydrogen (secondary N) is 3. The fraction of sp³-hybridized carbons (Fsp3) is 0.444. The molecule has 1 aliphatic heterocycles. The Balaban J connectivity index is 2.49. The van der Waals surface area contributed by atoms with Crippen molar-refractivity contribution >= 4 is 11.3 Å². The third-order valence-electron chi connectivity index (χ3n) is 3.91. The molecule has 114 valence electrons. The fourth-order valence-corrected chi connectivity index (χ4v) is 2.89. The van der Waals surface area contributed by atoms with E-state index in [4.69, 9.17) is 0 Å². The summed E-state index contributed by atoms with van der Waals surface area (Å²) in [5.41, 5.74) is 8.16. The van der Waals surface area contributed by atoms with Crippen LogP contribution in [0.15, 0.2) is 35.5 Å². The Kier molecular flexibility index (Phi) is 5.45. The van der Waals surface area contributed by atoms with E-state index in [0.29, 0.717) is 0 Å². The van der Waals surface area contributed by atoms with Crippen LogP contribution in [0, 0.1) is 6.92 Å². The molecular formula is C18H27N3. The van der Waals surface area contributed by atoms with E-state index in [9.17, 15) is 0 Å². The molecule has 3 nitrogen and oxygen atoms in total. The molecule has 0 unspecified atom stereocenters. The lowest BCUT2D eigenvalue weighted by molar-refractivity contribution is 0.845. The molecule has 0 aliphatic carbocycles. The standard InChI is InChI=1S/C18H27N3/c1-5-15-16-9-13(3)7-8-18(16)21-12-17(15)14(10-19-4)11-20-6-2/h7-9,11,19-21H,5-6,10,12H2,1-4H3/b14-11+. The summed E-state index contributed by atoms with van der Waals surface area (Å²) < 4.78 is 0. The van der Waals surface area contributed by atoms with Gasteiger partial charge in [0, 0.05) is 37.1 Å². The Hall–Kier alpha value is -1.74. The molecule has 2 rings (SSSR count). The summed E-state index contributed by atoms with van der Waals surface area (Å²) in [5.74, 6) is 0. The van der Waals surface area contributed by atoms with E-state index in [0.717, 1.165) is 26.1 Å². The van der Waals surface area contributed by atoms with Crippen LogP contribution in [-0.4, -0.2) is 26.7 Å². The van der Waals surface area contributed by atoms with Gasteiger partial charge in [0.05, 0.1) is 0 Å². The number of anilines is 1. The molecule has 1 aromatic rings. The van der Waals surface area contributed by atoms with E-state index in [1.807, 2.05) is 7.05 Å². The molecule has 0 saturated carbocycles. The molecule has 0 radical (unpaired) electrons. The molecular weight excluding hydrogens is 258 g/mol. The molecule has 0 amide bonds. The van der Waals surface area contributed by atoms with Crippen LogP contribution in [0.5, 0.6) is 0 Å². The average molecular weight is 285 g/mol. The second-order valence-electron chi connectivity index (χ2n) is 5.47.